The summed E-state index contributed by atoms with van der Waals surface area (Å²) in [6.07, 6.45) is -3.27. The number of likely N-dealkylation sites (N-methyl/N-ethyl adjacent to an activating group) is 1. The Morgan fingerprint density at radius 3 is 2.52 bits per heavy atom. The first kappa shape index (κ1) is 20.9. The fraction of sp³-hybridized carbons (Fsp3) is 0.389. The molecular formula is C18H19F3N4O3S. The SMILES string of the molecule is Cc1cn(-c2ccc(C(F)(F)F)cc2)c(=NC(=O)N2CC[C@H](N(C)C(=O)O)C2)s1. The van der Waals surface area contributed by atoms with E-state index in [2.05, 4.69) is 4.99 Å². The van der Waals surface area contributed by atoms with Crippen LogP contribution < -0.4 is 4.80 Å². The van der Waals surface area contributed by atoms with Crippen molar-refractivity contribution in [3.63, 3.8) is 0 Å². The molecule has 0 unspecified atom stereocenters. The summed E-state index contributed by atoms with van der Waals surface area (Å²) in [6, 6.07) is 3.81. The number of benzene rings is 1. The number of likely N-dealkylation sites (tertiary alicyclic amines) is 1. The van der Waals surface area contributed by atoms with Crippen molar-refractivity contribution >= 4 is 23.5 Å². The van der Waals surface area contributed by atoms with E-state index in [9.17, 15) is 22.8 Å². The highest BCUT2D eigenvalue weighted by molar-refractivity contribution is 7.09. The Balaban J connectivity index is 1.84. The number of amides is 3. The van der Waals surface area contributed by atoms with Gasteiger partial charge in [-0.15, -0.1) is 11.3 Å². The standard InChI is InChI=1S/C18H19F3N4O3S/c1-11-9-25(13-5-3-12(4-6-13)18(19,20)21)16(29-11)22-15(26)24-8-7-14(10-24)23(2)17(27)28/h3-6,9,14H,7-8,10H2,1-2H3,(H,27,28)/t14-/m0/s1. The van der Waals surface area contributed by atoms with Gasteiger partial charge in [0.1, 0.15) is 0 Å². The number of halogens is 3. The van der Waals surface area contributed by atoms with Crippen LogP contribution in [0.5, 0.6) is 0 Å². The second-order valence-corrected chi connectivity index (χ2v) is 7.93. The van der Waals surface area contributed by atoms with Crippen LogP contribution >= 0.6 is 11.3 Å². The monoisotopic (exact) mass is 428 g/mol. The molecule has 11 heteroatoms. The first-order valence-corrected chi connectivity index (χ1v) is 9.54. The van der Waals surface area contributed by atoms with Gasteiger partial charge in [-0.1, -0.05) is 0 Å². The Morgan fingerprint density at radius 1 is 1.28 bits per heavy atom. The Labute approximate surface area is 168 Å². The second-order valence-electron chi connectivity index (χ2n) is 6.72. The zero-order chi connectivity index (χ0) is 21.3. The molecule has 7 nitrogen and oxygen atoms in total. The zero-order valence-corrected chi connectivity index (χ0v) is 16.5. The lowest BCUT2D eigenvalue weighted by Gasteiger charge is -2.21. The third-order valence-electron chi connectivity index (χ3n) is 4.72. The van der Waals surface area contributed by atoms with Crippen molar-refractivity contribution in [3.05, 3.63) is 45.7 Å². The lowest BCUT2D eigenvalue weighted by Crippen LogP contribution is -2.39. The molecule has 3 rings (SSSR count). The van der Waals surface area contributed by atoms with Crippen LogP contribution in [0.1, 0.15) is 16.9 Å². The third-order valence-corrected chi connectivity index (χ3v) is 5.61. The van der Waals surface area contributed by atoms with Crippen molar-refractivity contribution in [2.75, 3.05) is 20.1 Å². The molecule has 1 aromatic heterocycles. The third kappa shape index (κ3) is 4.61. The van der Waals surface area contributed by atoms with Crippen molar-refractivity contribution in [2.45, 2.75) is 25.6 Å². The van der Waals surface area contributed by atoms with Crippen molar-refractivity contribution in [1.82, 2.24) is 14.4 Å². The highest BCUT2D eigenvalue weighted by atomic mass is 32.1. The first-order valence-electron chi connectivity index (χ1n) is 8.72. The molecule has 1 fully saturated rings. The minimum absolute atomic E-state index is 0.246. The Hall–Kier alpha value is -2.82. The molecule has 0 aliphatic carbocycles. The Bertz CT molecular complexity index is 981. The van der Waals surface area contributed by atoms with E-state index in [1.807, 2.05) is 6.92 Å². The average molecular weight is 428 g/mol. The molecule has 0 radical (unpaired) electrons. The molecule has 2 aromatic rings. The summed E-state index contributed by atoms with van der Waals surface area (Å²) in [5.41, 5.74) is -0.298. The number of alkyl halides is 3. The number of aryl methyl sites for hydroxylation is 1. The highest BCUT2D eigenvalue weighted by Gasteiger charge is 2.31. The smallest absolute Gasteiger partial charge is 0.416 e. The molecule has 1 aliphatic heterocycles. The van der Waals surface area contributed by atoms with E-state index in [0.717, 1.165) is 17.0 Å². The summed E-state index contributed by atoms with van der Waals surface area (Å²) in [6.45, 7) is 2.44. The van der Waals surface area contributed by atoms with E-state index in [1.54, 1.807) is 10.8 Å². The quantitative estimate of drug-likeness (QED) is 0.794. The normalized spacial score (nSPS) is 17.6. The topological polar surface area (TPSA) is 78.1 Å². The van der Waals surface area contributed by atoms with Crippen LogP contribution in [0.2, 0.25) is 0 Å². The van der Waals surface area contributed by atoms with Crippen LogP contribution in [0.15, 0.2) is 35.5 Å². The zero-order valence-electron chi connectivity index (χ0n) is 15.7. The fourth-order valence-corrected chi connectivity index (χ4v) is 3.90. The summed E-state index contributed by atoms with van der Waals surface area (Å²) in [7, 11) is 1.46. The summed E-state index contributed by atoms with van der Waals surface area (Å²) in [4.78, 5) is 31.6. The summed E-state index contributed by atoms with van der Waals surface area (Å²) >= 11 is 1.24. The van der Waals surface area contributed by atoms with Gasteiger partial charge in [0.05, 0.1) is 11.6 Å². The number of thiazole rings is 1. The number of carboxylic acid groups (broad SMARTS) is 1. The van der Waals surface area contributed by atoms with Gasteiger partial charge in [0.25, 0.3) is 0 Å². The number of carbonyl (C=O) groups excluding carboxylic acids is 1. The van der Waals surface area contributed by atoms with Gasteiger partial charge >= 0.3 is 18.3 Å². The van der Waals surface area contributed by atoms with Crippen molar-refractivity contribution in [1.29, 1.82) is 0 Å². The Kier molecular flexibility index (Phi) is 5.69. The van der Waals surface area contributed by atoms with Gasteiger partial charge in [0.15, 0.2) is 4.80 Å². The summed E-state index contributed by atoms with van der Waals surface area (Å²) < 4.78 is 39.9. The van der Waals surface area contributed by atoms with E-state index < -0.39 is 23.9 Å². The van der Waals surface area contributed by atoms with Crippen LogP contribution in [0.25, 0.3) is 5.69 Å². The van der Waals surface area contributed by atoms with E-state index in [0.29, 0.717) is 23.5 Å². The molecule has 3 amide bonds. The molecule has 0 bridgehead atoms. The minimum atomic E-state index is -4.42. The number of aromatic nitrogens is 1. The number of carbonyl (C=O) groups is 2. The van der Waals surface area contributed by atoms with Gasteiger partial charge in [0.2, 0.25) is 0 Å². The molecule has 1 atom stereocenters. The lowest BCUT2D eigenvalue weighted by atomic mass is 10.2. The molecule has 1 aliphatic rings. The highest BCUT2D eigenvalue weighted by Crippen LogP contribution is 2.29. The molecular weight excluding hydrogens is 409 g/mol. The van der Waals surface area contributed by atoms with Crippen LogP contribution in [0.4, 0.5) is 22.8 Å². The number of hydrogen-bond acceptors (Lipinski definition) is 3. The Morgan fingerprint density at radius 2 is 1.93 bits per heavy atom. The maximum atomic E-state index is 12.8. The predicted octanol–water partition coefficient (Wildman–Crippen LogP) is 3.57. The molecule has 2 heterocycles. The van der Waals surface area contributed by atoms with Gasteiger partial charge in [-0.25, -0.2) is 9.59 Å². The summed E-state index contributed by atoms with van der Waals surface area (Å²) in [5, 5.41) is 9.06. The summed E-state index contributed by atoms with van der Waals surface area (Å²) in [5.74, 6) is 0. The van der Waals surface area contributed by atoms with Crippen LogP contribution in [-0.4, -0.2) is 57.8 Å². The molecule has 0 spiro atoms. The van der Waals surface area contributed by atoms with Crippen LogP contribution in [0.3, 0.4) is 0 Å². The number of nitrogens with zero attached hydrogens (tertiary/aromatic N) is 4. The number of rotatable bonds is 2. The maximum Gasteiger partial charge on any atom is 0.416 e. The number of hydrogen-bond donors (Lipinski definition) is 1. The van der Waals surface area contributed by atoms with Gasteiger partial charge in [0, 0.05) is 36.9 Å². The van der Waals surface area contributed by atoms with Gasteiger partial charge in [-0.05, 0) is 37.6 Å². The fourth-order valence-electron chi connectivity index (χ4n) is 3.07. The molecule has 29 heavy (non-hydrogen) atoms. The van der Waals surface area contributed by atoms with Crippen molar-refractivity contribution in [3.8, 4) is 5.69 Å². The van der Waals surface area contributed by atoms with Crippen LogP contribution in [-0.2, 0) is 6.18 Å². The lowest BCUT2D eigenvalue weighted by molar-refractivity contribution is -0.137. The van der Waals surface area contributed by atoms with Gasteiger partial charge in [-0.3, -0.25) is 4.57 Å². The minimum Gasteiger partial charge on any atom is -0.465 e. The molecule has 1 aromatic carbocycles. The van der Waals surface area contributed by atoms with Crippen LogP contribution in [0, 0.1) is 6.92 Å². The van der Waals surface area contributed by atoms with Gasteiger partial charge in [-0.2, -0.15) is 18.2 Å². The molecule has 0 saturated carbocycles. The van der Waals surface area contributed by atoms with E-state index in [1.165, 1.54) is 40.3 Å². The molecule has 156 valence electrons. The van der Waals surface area contributed by atoms with Crippen molar-refractivity contribution in [2.24, 2.45) is 4.99 Å². The average Bonchev–Trinajstić information content (AvgIpc) is 3.27. The van der Waals surface area contributed by atoms with E-state index >= 15 is 0 Å². The largest absolute Gasteiger partial charge is 0.465 e. The molecule has 1 N–H and O–H groups in total. The van der Waals surface area contributed by atoms with E-state index in [4.69, 9.17) is 5.11 Å². The number of urea groups is 1. The van der Waals surface area contributed by atoms with E-state index in [-0.39, 0.29) is 12.6 Å². The van der Waals surface area contributed by atoms with Gasteiger partial charge < -0.3 is 14.9 Å². The molecule has 1 saturated heterocycles. The predicted molar refractivity (Wildman–Crippen MR) is 100 cm³/mol. The maximum absolute atomic E-state index is 12.8. The second kappa shape index (κ2) is 7.90. The first-order chi connectivity index (χ1) is 13.6. The van der Waals surface area contributed by atoms with Crippen molar-refractivity contribution < 1.29 is 27.9 Å².